The molecule has 2 heterocycles. The molecule has 1 aliphatic heterocycles. The molecule has 0 spiro atoms. The predicted octanol–water partition coefficient (Wildman–Crippen LogP) is 1.41. The van der Waals surface area contributed by atoms with Crippen molar-refractivity contribution in [2.75, 3.05) is 46.4 Å². The van der Waals surface area contributed by atoms with Crippen LogP contribution in [0.2, 0.25) is 0 Å². The maximum absolute atomic E-state index is 11.9. The van der Waals surface area contributed by atoms with E-state index in [-0.39, 0.29) is 5.95 Å². The van der Waals surface area contributed by atoms with E-state index in [1.54, 1.807) is 13.1 Å². The molecule has 1 fully saturated rings. The normalized spacial score (nSPS) is 15.4. The molecule has 1 aromatic rings. The van der Waals surface area contributed by atoms with Gasteiger partial charge in [0, 0.05) is 39.3 Å². The zero-order valence-electron chi connectivity index (χ0n) is 12.2. The molecule has 0 N–H and O–H groups in total. The fourth-order valence-corrected chi connectivity index (χ4v) is 2.06. The van der Waals surface area contributed by atoms with Crippen LogP contribution in [0.15, 0.2) is 16.5 Å². The van der Waals surface area contributed by atoms with Crippen LogP contribution >= 0.6 is 0 Å². The summed E-state index contributed by atoms with van der Waals surface area (Å²) < 4.78 is 15.5. The molecule has 0 saturated carbocycles. The lowest BCUT2D eigenvalue weighted by atomic mass is 10.3. The van der Waals surface area contributed by atoms with Gasteiger partial charge in [-0.05, 0) is 18.4 Å². The Morgan fingerprint density at radius 3 is 2.90 bits per heavy atom. The van der Waals surface area contributed by atoms with Crippen LogP contribution in [0.3, 0.4) is 0 Å². The van der Waals surface area contributed by atoms with Crippen molar-refractivity contribution in [3.63, 3.8) is 0 Å². The first-order chi connectivity index (χ1) is 10.2. The maximum atomic E-state index is 11.9. The van der Waals surface area contributed by atoms with Crippen molar-refractivity contribution in [1.29, 1.82) is 0 Å². The second-order valence-corrected chi connectivity index (χ2v) is 4.86. The summed E-state index contributed by atoms with van der Waals surface area (Å²) in [6.07, 6.45) is 5.62. The number of morpholine rings is 1. The van der Waals surface area contributed by atoms with E-state index in [9.17, 15) is 4.79 Å². The van der Waals surface area contributed by atoms with Crippen molar-refractivity contribution < 1.29 is 18.7 Å². The number of terminal acetylenes is 1. The predicted molar refractivity (Wildman–Crippen MR) is 77.2 cm³/mol. The summed E-state index contributed by atoms with van der Waals surface area (Å²) in [5, 5.41) is 0. The van der Waals surface area contributed by atoms with Crippen LogP contribution in [0.25, 0.3) is 0 Å². The van der Waals surface area contributed by atoms with E-state index in [2.05, 4.69) is 10.8 Å². The molecular weight excluding hydrogens is 272 g/mol. The first-order valence-corrected chi connectivity index (χ1v) is 6.98. The van der Waals surface area contributed by atoms with Crippen LogP contribution in [0.5, 0.6) is 5.95 Å². The third-order valence-electron chi connectivity index (χ3n) is 3.29. The average Bonchev–Trinajstić information content (AvgIpc) is 2.96. The quantitative estimate of drug-likeness (QED) is 0.768. The van der Waals surface area contributed by atoms with E-state index >= 15 is 0 Å². The fraction of sp³-hybridized carbons (Fsp3) is 0.533. The van der Waals surface area contributed by atoms with Crippen molar-refractivity contribution in [1.82, 2.24) is 9.80 Å². The standard InChI is InChI=1S/C15H20N2O4/c1-3-13-5-6-14(20-13)21-15(18)16(2)7-4-8-17-9-11-19-12-10-17/h1,5-6H,4,7-12H2,2H3. The minimum absolute atomic E-state index is 0.118. The molecule has 0 unspecified atom stereocenters. The SMILES string of the molecule is C#Cc1ccc(OC(=O)N(C)CCCN2CCOCC2)o1. The molecule has 0 aromatic carbocycles. The number of nitrogens with zero attached hydrogens (tertiary/aromatic N) is 2. The molecule has 6 nitrogen and oxygen atoms in total. The first-order valence-electron chi connectivity index (χ1n) is 6.98. The van der Waals surface area contributed by atoms with Gasteiger partial charge in [-0.15, -0.1) is 6.42 Å². The molecule has 0 aliphatic carbocycles. The molecule has 1 amide bonds. The highest BCUT2D eigenvalue weighted by molar-refractivity contribution is 5.69. The number of hydrogen-bond donors (Lipinski definition) is 0. The molecule has 2 rings (SSSR count). The van der Waals surface area contributed by atoms with Crippen molar-refractivity contribution in [3.05, 3.63) is 17.9 Å². The topological polar surface area (TPSA) is 55.2 Å². The lowest BCUT2D eigenvalue weighted by molar-refractivity contribution is 0.0364. The highest BCUT2D eigenvalue weighted by Crippen LogP contribution is 2.15. The summed E-state index contributed by atoms with van der Waals surface area (Å²) in [6, 6.07) is 3.12. The largest absolute Gasteiger partial charge is 0.417 e. The van der Waals surface area contributed by atoms with Crippen LogP contribution in [-0.4, -0.2) is 62.3 Å². The zero-order chi connectivity index (χ0) is 15.1. The molecular formula is C15H20N2O4. The summed E-state index contributed by atoms with van der Waals surface area (Å²) in [6.45, 7) is 5.05. The highest BCUT2D eigenvalue weighted by atomic mass is 16.6. The van der Waals surface area contributed by atoms with Gasteiger partial charge in [-0.25, -0.2) is 4.79 Å². The average molecular weight is 292 g/mol. The van der Waals surface area contributed by atoms with Crippen molar-refractivity contribution in [2.45, 2.75) is 6.42 Å². The summed E-state index contributed by atoms with van der Waals surface area (Å²) in [4.78, 5) is 15.7. The van der Waals surface area contributed by atoms with Crippen LogP contribution in [0.1, 0.15) is 12.2 Å². The minimum atomic E-state index is -0.449. The highest BCUT2D eigenvalue weighted by Gasteiger charge is 2.15. The van der Waals surface area contributed by atoms with Gasteiger partial charge in [0.05, 0.1) is 13.2 Å². The van der Waals surface area contributed by atoms with Crippen molar-refractivity contribution >= 4 is 6.09 Å². The van der Waals surface area contributed by atoms with Gasteiger partial charge in [-0.1, -0.05) is 0 Å². The Labute approximate surface area is 124 Å². The summed E-state index contributed by atoms with van der Waals surface area (Å²) in [5.74, 6) is 2.79. The first kappa shape index (κ1) is 15.4. The molecule has 6 heteroatoms. The monoisotopic (exact) mass is 292 g/mol. The molecule has 0 bridgehead atoms. The molecule has 1 aromatic heterocycles. The molecule has 21 heavy (non-hydrogen) atoms. The van der Waals surface area contributed by atoms with E-state index in [0.717, 1.165) is 39.3 Å². The number of furan rings is 1. The zero-order valence-corrected chi connectivity index (χ0v) is 12.2. The second kappa shape index (κ2) is 7.72. The number of ether oxygens (including phenoxy) is 2. The Bertz CT molecular complexity index is 500. The van der Waals surface area contributed by atoms with Gasteiger partial charge in [0.25, 0.3) is 5.95 Å². The minimum Gasteiger partial charge on any atom is -0.417 e. The third-order valence-corrected chi connectivity index (χ3v) is 3.29. The van der Waals surface area contributed by atoms with Gasteiger partial charge >= 0.3 is 6.09 Å². The Balaban J connectivity index is 1.68. The molecule has 0 atom stereocenters. The Morgan fingerprint density at radius 1 is 1.48 bits per heavy atom. The second-order valence-electron chi connectivity index (χ2n) is 4.86. The van der Waals surface area contributed by atoms with Gasteiger partial charge in [0.15, 0.2) is 5.76 Å². The van der Waals surface area contributed by atoms with Gasteiger partial charge < -0.3 is 18.8 Å². The molecule has 1 aliphatic rings. The summed E-state index contributed by atoms with van der Waals surface area (Å²) in [5.41, 5.74) is 0. The fourth-order valence-electron chi connectivity index (χ4n) is 2.06. The lowest BCUT2D eigenvalue weighted by Gasteiger charge is -2.27. The van der Waals surface area contributed by atoms with E-state index in [4.69, 9.17) is 20.3 Å². The number of carbonyl (C=O) groups excluding carboxylic acids is 1. The van der Waals surface area contributed by atoms with Crippen LogP contribution in [0.4, 0.5) is 4.79 Å². The van der Waals surface area contributed by atoms with Gasteiger partial charge in [-0.2, -0.15) is 0 Å². The Morgan fingerprint density at radius 2 is 2.24 bits per heavy atom. The number of carbonyl (C=O) groups is 1. The van der Waals surface area contributed by atoms with E-state index in [1.165, 1.54) is 11.0 Å². The van der Waals surface area contributed by atoms with Crippen LogP contribution in [0, 0.1) is 12.3 Å². The molecule has 1 saturated heterocycles. The van der Waals surface area contributed by atoms with E-state index < -0.39 is 6.09 Å². The number of rotatable bonds is 5. The Hall–Kier alpha value is -1.97. The van der Waals surface area contributed by atoms with Gasteiger partial charge in [-0.3, -0.25) is 4.90 Å². The number of hydrogen-bond acceptors (Lipinski definition) is 5. The van der Waals surface area contributed by atoms with Crippen molar-refractivity contribution in [3.8, 4) is 18.3 Å². The maximum Gasteiger partial charge on any atom is 0.417 e. The van der Waals surface area contributed by atoms with Crippen LogP contribution in [-0.2, 0) is 4.74 Å². The van der Waals surface area contributed by atoms with Crippen molar-refractivity contribution in [2.24, 2.45) is 0 Å². The van der Waals surface area contributed by atoms with Gasteiger partial charge in [0.2, 0.25) is 0 Å². The van der Waals surface area contributed by atoms with Gasteiger partial charge in [0.1, 0.15) is 0 Å². The molecule has 114 valence electrons. The number of amides is 1. The third kappa shape index (κ3) is 4.81. The smallest absolute Gasteiger partial charge is 0.417 e. The lowest BCUT2D eigenvalue weighted by Crippen LogP contribution is -2.38. The molecule has 0 radical (unpaired) electrons. The van der Waals surface area contributed by atoms with Crippen LogP contribution < -0.4 is 4.74 Å². The summed E-state index contributed by atoms with van der Waals surface area (Å²) in [7, 11) is 1.70. The van der Waals surface area contributed by atoms with E-state index in [1.807, 2.05) is 0 Å². The van der Waals surface area contributed by atoms with E-state index in [0.29, 0.717) is 12.3 Å². The summed E-state index contributed by atoms with van der Waals surface area (Å²) >= 11 is 0. The Kier molecular flexibility index (Phi) is 5.67.